The minimum Gasteiger partial charge on any atom is -0.493 e. The first-order valence-corrected chi connectivity index (χ1v) is 8.88. The zero-order valence-corrected chi connectivity index (χ0v) is 15.0. The second-order valence-corrected chi connectivity index (χ2v) is 6.24. The maximum absolute atomic E-state index is 5.82. The lowest BCUT2D eigenvalue weighted by Gasteiger charge is -2.13. The molecule has 1 saturated heterocycles. The van der Waals surface area contributed by atoms with Gasteiger partial charge in [0, 0.05) is 11.8 Å². The number of benzene rings is 1. The molecule has 0 amide bonds. The average Bonchev–Trinajstić information content (AvgIpc) is 3.27. The second kappa shape index (κ2) is 8.80. The lowest BCUT2D eigenvalue weighted by Crippen LogP contribution is -2.13. The summed E-state index contributed by atoms with van der Waals surface area (Å²) in [7, 11) is 1.62. The number of rotatable bonds is 8. The Morgan fingerprint density at radius 2 is 2.20 bits per heavy atom. The lowest BCUT2D eigenvalue weighted by atomic mass is 10.2. The molecule has 3 rings (SSSR count). The van der Waals surface area contributed by atoms with Crippen LogP contribution >= 0.6 is 11.3 Å². The summed E-state index contributed by atoms with van der Waals surface area (Å²) in [4.78, 5) is 4.29. The van der Waals surface area contributed by atoms with Crippen LogP contribution in [0.15, 0.2) is 28.7 Å². The molecule has 1 aliphatic heterocycles. The van der Waals surface area contributed by atoms with Crippen molar-refractivity contribution in [1.82, 2.24) is 4.98 Å². The molecule has 1 fully saturated rings. The highest BCUT2D eigenvalue weighted by Gasteiger charge is 2.16. The number of thiazole rings is 1. The van der Waals surface area contributed by atoms with Crippen molar-refractivity contribution in [2.24, 2.45) is 5.10 Å². The van der Waals surface area contributed by atoms with Crippen LogP contribution in [0.3, 0.4) is 0 Å². The maximum Gasteiger partial charge on any atom is 0.203 e. The Morgan fingerprint density at radius 1 is 1.36 bits per heavy atom. The minimum atomic E-state index is -0.179. The summed E-state index contributed by atoms with van der Waals surface area (Å²) in [6, 6.07) is 5.65. The van der Waals surface area contributed by atoms with Gasteiger partial charge in [-0.15, -0.1) is 11.3 Å². The zero-order valence-electron chi connectivity index (χ0n) is 14.2. The van der Waals surface area contributed by atoms with Gasteiger partial charge in [-0.1, -0.05) is 0 Å². The molecule has 1 aliphatic rings. The summed E-state index contributed by atoms with van der Waals surface area (Å²) < 4.78 is 22.0. The summed E-state index contributed by atoms with van der Waals surface area (Å²) in [5.41, 5.74) is 4.78. The molecule has 8 heteroatoms. The first-order chi connectivity index (χ1) is 12.2. The molecular formula is C17H21N3O4S. The van der Waals surface area contributed by atoms with Crippen LogP contribution in [0.4, 0.5) is 5.13 Å². The van der Waals surface area contributed by atoms with Crippen LogP contribution < -0.4 is 14.9 Å². The molecule has 1 N–H and O–H groups in total. The number of hydrogen-bond donors (Lipinski definition) is 1. The molecule has 0 unspecified atom stereocenters. The van der Waals surface area contributed by atoms with Crippen molar-refractivity contribution in [3.05, 3.63) is 34.8 Å². The summed E-state index contributed by atoms with van der Waals surface area (Å²) in [6.45, 7) is 3.72. The van der Waals surface area contributed by atoms with Gasteiger partial charge in [-0.2, -0.15) is 5.10 Å². The molecule has 0 aliphatic carbocycles. The van der Waals surface area contributed by atoms with Gasteiger partial charge in [0.05, 0.1) is 38.8 Å². The van der Waals surface area contributed by atoms with Crippen LogP contribution in [-0.2, 0) is 9.47 Å². The Hall–Kier alpha value is -2.16. The third kappa shape index (κ3) is 5.15. The normalized spacial score (nSPS) is 15.0. The highest BCUT2D eigenvalue weighted by atomic mass is 32.1. The standard InChI is InChI=1S/C17H21N3O4S/c1-12-11-25-17(19-12)20-18-10-13-3-4-14(21-2)15(9-13)22-6-5-16-23-7-8-24-16/h3-4,9-11,16H,5-8H2,1-2H3,(H,19,20). The van der Waals surface area contributed by atoms with E-state index in [2.05, 4.69) is 15.5 Å². The van der Waals surface area contributed by atoms with E-state index in [1.54, 1.807) is 13.3 Å². The van der Waals surface area contributed by atoms with Crippen LogP contribution in [0.1, 0.15) is 17.7 Å². The summed E-state index contributed by atoms with van der Waals surface area (Å²) in [6.07, 6.45) is 2.21. The van der Waals surface area contributed by atoms with E-state index in [0.29, 0.717) is 37.7 Å². The van der Waals surface area contributed by atoms with E-state index in [-0.39, 0.29) is 6.29 Å². The molecule has 0 saturated carbocycles. The van der Waals surface area contributed by atoms with Gasteiger partial charge in [0.25, 0.3) is 0 Å². The van der Waals surface area contributed by atoms with Gasteiger partial charge < -0.3 is 18.9 Å². The molecule has 1 aromatic heterocycles. The number of hydrazone groups is 1. The highest BCUT2D eigenvalue weighted by molar-refractivity contribution is 7.13. The molecule has 1 aromatic carbocycles. The van der Waals surface area contributed by atoms with Gasteiger partial charge in [-0.05, 0) is 30.7 Å². The minimum absolute atomic E-state index is 0.179. The maximum atomic E-state index is 5.82. The molecular weight excluding hydrogens is 342 g/mol. The fourth-order valence-corrected chi connectivity index (χ4v) is 2.93. The quantitative estimate of drug-likeness (QED) is 0.574. The Kier molecular flexibility index (Phi) is 6.21. The van der Waals surface area contributed by atoms with E-state index in [4.69, 9.17) is 18.9 Å². The number of nitrogens with zero attached hydrogens (tertiary/aromatic N) is 2. The SMILES string of the molecule is COc1ccc(C=NNc2nc(C)cs2)cc1OCCC1OCCO1. The van der Waals surface area contributed by atoms with Crippen LogP contribution in [0.5, 0.6) is 11.5 Å². The number of aryl methyl sites for hydroxylation is 1. The first-order valence-electron chi connectivity index (χ1n) is 8.00. The van der Waals surface area contributed by atoms with E-state index >= 15 is 0 Å². The van der Waals surface area contributed by atoms with Crippen LogP contribution in [0, 0.1) is 6.92 Å². The van der Waals surface area contributed by atoms with Gasteiger partial charge in [-0.25, -0.2) is 4.98 Å². The first kappa shape index (κ1) is 17.7. The van der Waals surface area contributed by atoms with Gasteiger partial charge >= 0.3 is 0 Å². The van der Waals surface area contributed by atoms with E-state index < -0.39 is 0 Å². The van der Waals surface area contributed by atoms with E-state index in [9.17, 15) is 0 Å². The van der Waals surface area contributed by atoms with Crippen molar-refractivity contribution < 1.29 is 18.9 Å². The fraction of sp³-hybridized carbons (Fsp3) is 0.412. The largest absolute Gasteiger partial charge is 0.493 e. The summed E-state index contributed by atoms with van der Waals surface area (Å²) in [5.74, 6) is 1.34. The Labute approximate surface area is 150 Å². The molecule has 2 heterocycles. The topological polar surface area (TPSA) is 74.2 Å². The Morgan fingerprint density at radius 3 is 2.92 bits per heavy atom. The molecule has 7 nitrogen and oxygen atoms in total. The smallest absolute Gasteiger partial charge is 0.203 e. The molecule has 25 heavy (non-hydrogen) atoms. The number of ether oxygens (including phenoxy) is 4. The van der Waals surface area contributed by atoms with Gasteiger partial charge in [0.2, 0.25) is 5.13 Å². The van der Waals surface area contributed by atoms with Crippen LogP contribution in [0.25, 0.3) is 0 Å². The van der Waals surface area contributed by atoms with Crippen LogP contribution in [-0.4, -0.2) is 44.4 Å². The van der Waals surface area contributed by atoms with E-state index in [1.165, 1.54) is 11.3 Å². The zero-order chi connectivity index (χ0) is 17.5. The van der Waals surface area contributed by atoms with Crippen molar-refractivity contribution in [2.45, 2.75) is 19.6 Å². The Bertz CT molecular complexity index is 714. The molecule has 0 atom stereocenters. The summed E-state index contributed by atoms with van der Waals surface area (Å²) >= 11 is 1.51. The van der Waals surface area contributed by atoms with Crippen molar-refractivity contribution in [1.29, 1.82) is 0 Å². The second-order valence-electron chi connectivity index (χ2n) is 5.38. The molecule has 134 valence electrons. The molecule has 0 bridgehead atoms. The third-order valence-electron chi connectivity index (χ3n) is 3.48. The number of aromatic nitrogens is 1. The predicted octanol–water partition coefficient (Wildman–Crippen LogP) is 3.05. The van der Waals surface area contributed by atoms with Gasteiger partial charge in [0.1, 0.15) is 0 Å². The van der Waals surface area contributed by atoms with Crippen molar-refractivity contribution in [2.75, 3.05) is 32.4 Å². The molecule has 0 spiro atoms. The predicted molar refractivity (Wildman–Crippen MR) is 96.9 cm³/mol. The Balaban J connectivity index is 1.58. The van der Waals surface area contributed by atoms with Gasteiger partial charge in [-0.3, -0.25) is 5.43 Å². The van der Waals surface area contributed by atoms with Crippen molar-refractivity contribution in [3.8, 4) is 11.5 Å². The fourth-order valence-electron chi connectivity index (χ4n) is 2.29. The average molecular weight is 363 g/mol. The molecule has 0 radical (unpaired) electrons. The van der Waals surface area contributed by atoms with Gasteiger partial charge in [0.15, 0.2) is 17.8 Å². The van der Waals surface area contributed by atoms with Crippen molar-refractivity contribution in [3.63, 3.8) is 0 Å². The number of nitrogens with one attached hydrogen (secondary N) is 1. The summed E-state index contributed by atoms with van der Waals surface area (Å²) in [5, 5.41) is 6.93. The van der Waals surface area contributed by atoms with E-state index in [1.807, 2.05) is 30.5 Å². The monoisotopic (exact) mass is 363 g/mol. The number of methoxy groups -OCH3 is 1. The number of anilines is 1. The lowest BCUT2D eigenvalue weighted by molar-refractivity contribution is -0.0532. The highest BCUT2D eigenvalue weighted by Crippen LogP contribution is 2.28. The number of hydrogen-bond acceptors (Lipinski definition) is 8. The van der Waals surface area contributed by atoms with E-state index in [0.717, 1.165) is 16.4 Å². The third-order valence-corrected chi connectivity index (χ3v) is 4.35. The molecule has 2 aromatic rings. The van der Waals surface area contributed by atoms with Crippen LogP contribution in [0.2, 0.25) is 0 Å². The van der Waals surface area contributed by atoms with Crippen molar-refractivity contribution >= 4 is 22.7 Å².